The van der Waals surface area contributed by atoms with Gasteiger partial charge in [-0.2, -0.15) is 0 Å². The fourth-order valence-corrected chi connectivity index (χ4v) is 2.07. The molecule has 0 aliphatic rings. The average Bonchev–Trinajstić information content (AvgIpc) is 2.51. The minimum atomic E-state index is -0.150. The Morgan fingerprint density at radius 3 is 2.55 bits per heavy atom. The van der Waals surface area contributed by atoms with Crippen LogP contribution in [-0.2, 0) is 6.42 Å². The Labute approximate surface area is 129 Å². The second-order valence-electron chi connectivity index (χ2n) is 5.27. The SMILES string of the molecule is CN(C)c1cccc(C(=O)NCCc2ccc(O)c(O)c2)c1. The van der Waals surface area contributed by atoms with E-state index in [1.807, 2.05) is 37.2 Å². The molecular formula is C17H20N2O3. The minimum absolute atomic E-state index is 0.133. The van der Waals surface area contributed by atoms with Crippen molar-refractivity contribution in [2.45, 2.75) is 6.42 Å². The second kappa shape index (κ2) is 6.85. The summed E-state index contributed by atoms with van der Waals surface area (Å²) in [6.45, 7) is 0.454. The van der Waals surface area contributed by atoms with Crippen LogP contribution < -0.4 is 10.2 Å². The summed E-state index contributed by atoms with van der Waals surface area (Å²) in [7, 11) is 3.85. The van der Waals surface area contributed by atoms with Gasteiger partial charge in [0.25, 0.3) is 5.91 Å². The van der Waals surface area contributed by atoms with Gasteiger partial charge < -0.3 is 20.4 Å². The van der Waals surface area contributed by atoms with Crippen LogP contribution >= 0.6 is 0 Å². The molecular weight excluding hydrogens is 280 g/mol. The number of nitrogens with zero attached hydrogens (tertiary/aromatic N) is 1. The maximum Gasteiger partial charge on any atom is 0.251 e. The number of aromatic hydroxyl groups is 2. The Bertz CT molecular complexity index is 669. The number of amides is 1. The fraction of sp³-hybridized carbons (Fsp3) is 0.235. The lowest BCUT2D eigenvalue weighted by Crippen LogP contribution is -2.25. The van der Waals surface area contributed by atoms with Gasteiger partial charge in [0, 0.05) is 31.9 Å². The van der Waals surface area contributed by atoms with Crippen LogP contribution in [0.3, 0.4) is 0 Å². The van der Waals surface area contributed by atoms with E-state index in [0.29, 0.717) is 18.5 Å². The molecule has 0 fully saturated rings. The normalized spacial score (nSPS) is 10.3. The van der Waals surface area contributed by atoms with Crippen LogP contribution in [0.2, 0.25) is 0 Å². The van der Waals surface area contributed by atoms with Crippen LogP contribution in [-0.4, -0.2) is 36.8 Å². The van der Waals surface area contributed by atoms with Crippen LogP contribution in [0.1, 0.15) is 15.9 Å². The van der Waals surface area contributed by atoms with Crippen LogP contribution in [0.15, 0.2) is 42.5 Å². The molecule has 0 spiro atoms. The highest BCUT2D eigenvalue weighted by Crippen LogP contribution is 2.24. The van der Waals surface area contributed by atoms with Gasteiger partial charge in [0.15, 0.2) is 11.5 Å². The lowest BCUT2D eigenvalue weighted by molar-refractivity contribution is 0.0954. The molecule has 0 heterocycles. The van der Waals surface area contributed by atoms with Gasteiger partial charge in [-0.25, -0.2) is 0 Å². The molecule has 2 aromatic rings. The van der Waals surface area contributed by atoms with E-state index in [1.165, 1.54) is 12.1 Å². The first-order valence-corrected chi connectivity index (χ1v) is 7.04. The number of carbonyl (C=O) groups excluding carboxylic acids is 1. The van der Waals surface area contributed by atoms with Crippen molar-refractivity contribution >= 4 is 11.6 Å². The number of phenolic OH excluding ortho intramolecular Hbond substituents is 2. The molecule has 0 radical (unpaired) electrons. The number of benzene rings is 2. The van der Waals surface area contributed by atoms with Gasteiger partial charge in [-0.05, 0) is 42.3 Å². The van der Waals surface area contributed by atoms with Crippen molar-refractivity contribution in [2.75, 3.05) is 25.5 Å². The Kier molecular flexibility index (Phi) is 4.88. The number of hydrogen-bond acceptors (Lipinski definition) is 4. The number of rotatable bonds is 5. The summed E-state index contributed by atoms with van der Waals surface area (Å²) in [6, 6.07) is 12.0. The fourth-order valence-electron chi connectivity index (χ4n) is 2.07. The maximum absolute atomic E-state index is 12.1. The van der Waals surface area contributed by atoms with Gasteiger partial charge in [-0.3, -0.25) is 4.79 Å². The van der Waals surface area contributed by atoms with Gasteiger partial charge in [-0.1, -0.05) is 12.1 Å². The van der Waals surface area contributed by atoms with E-state index < -0.39 is 0 Å². The van der Waals surface area contributed by atoms with E-state index in [2.05, 4.69) is 5.32 Å². The minimum Gasteiger partial charge on any atom is -0.504 e. The molecule has 0 aliphatic heterocycles. The van der Waals surface area contributed by atoms with Gasteiger partial charge in [0.1, 0.15) is 0 Å². The monoisotopic (exact) mass is 300 g/mol. The summed E-state index contributed by atoms with van der Waals surface area (Å²) in [5.41, 5.74) is 2.42. The largest absolute Gasteiger partial charge is 0.504 e. The molecule has 0 saturated heterocycles. The highest BCUT2D eigenvalue weighted by Gasteiger charge is 2.07. The van der Waals surface area contributed by atoms with Crippen molar-refractivity contribution in [2.24, 2.45) is 0 Å². The Morgan fingerprint density at radius 1 is 1.09 bits per heavy atom. The smallest absolute Gasteiger partial charge is 0.251 e. The predicted octanol–water partition coefficient (Wildman–Crippen LogP) is 2.14. The molecule has 0 unspecified atom stereocenters. The van der Waals surface area contributed by atoms with E-state index in [9.17, 15) is 15.0 Å². The summed E-state index contributed by atoms with van der Waals surface area (Å²) >= 11 is 0. The summed E-state index contributed by atoms with van der Waals surface area (Å²) in [4.78, 5) is 14.1. The molecule has 5 nitrogen and oxygen atoms in total. The van der Waals surface area contributed by atoms with E-state index in [-0.39, 0.29) is 17.4 Å². The lowest BCUT2D eigenvalue weighted by Gasteiger charge is -2.13. The van der Waals surface area contributed by atoms with Crippen LogP contribution in [0.25, 0.3) is 0 Å². The molecule has 0 saturated carbocycles. The third kappa shape index (κ3) is 3.91. The highest BCUT2D eigenvalue weighted by atomic mass is 16.3. The van der Waals surface area contributed by atoms with Gasteiger partial charge in [-0.15, -0.1) is 0 Å². The average molecular weight is 300 g/mol. The van der Waals surface area contributed by atoms with Crippen molar-refractivity contribution in [3.8, 4) is 11.5 Å². The van der Waals surface area contributed by atoms with Gasteiger partial charge in [0.05, 0.1) is 0 Å². The summed E-state index contributed by atoms with van der Waals surface area (Å²) in [6.07, 6.45) is 0.576. The predicted molar refractivity (Wildman–Crippen MR) is 86.6 cm³/mol. The quantitative estimate of drug-likeness (QED) is 0.740. The number of nitrogens with one attached hydrogen (secondary N) is 1. The third-order valence-electron chi connectivity index (χ3n) is 3.36. The van der Waals surface area contributed by atoms with E-state index in [4.69, 9.17) is 0 Å². The van der Waals surface area contributed by atoms with E-state index in [0.717, 1.165) is 11.3 Å². The second-order valence-corrected chi connectivity index (χ2v) is 5.27. The molecule has 5 heteroatoms. The Hall–Kier alpha value is -2.69. The first-order chi connectivity index (χ1) is 10.5. The Balaban J connectivity index is 1.92. The maximum atomic E-state index is 12.1. The van der Waals surface area contributed by atoms with Crippen molar-refractivity contribution in [3.63, 3.8) is 0 Å². The first-order valence-electron chi connectivity index (χ1n) is 7.04. The number of anilines is 1. The van der Waals surface area contributed by atoms with Crippen molar-refractivity contribution in [3.05, 3.63) is 53.6 Å². The summed E-state index contributed by atoms with van der Waals surface area (Å²) in [5, 5.41) is 21.5. The lowest BCUT2D eigenvalue weighted by atomic mass is 10.1. The first kappa shape index (κ1) is 15.7. The van der Waals surface area contributed by atoms with Gasteiger partial charge in [0.2, 0.25) is 0 Å². The molecule has 116 valence electrons. The zero-order chi connectivity index (χ0) is 16.1. The topological polar surface area (TPSA) is 72.8 Å². The van der Waals surface area contributed by atoms with Gasteiger partial charge >= 0.3 is 0 Å². The Morgan fingerprint density at radius 2 is 1.86 bits per heavy atom. The summed E-state index contributed by atoms with van der Waals surface area (Å²) in [5.74, 6) is -0.428. The number of hydrogen-bond donors (Lipinski definition) is 3. The van der Waals surface area contributed by atoms with Crippen molar-refractivity contribution in [1.82, 2.24) is 5.32 Å². The molecule has 2 aromatic carbocycles. The molecule has 3 N–H and O–H groups in total. The van der Waals surface area contributed by atoms with Crippen LogP contribution in [0.5, 0.6) is 11.5 Å². The van der Waals surface area contributed by atoms with Crippen molar-refractivity contribution in [1.29, 1.82) is 0 Å². The third-order valence-corrected chi connectivity index (χ3v) is 3.36. The van der Waals surface area contributed by atoms with Crippen LogP contribution in [0, 0.1) is 0 Å². The zero-order valence-electron chi connectivity index (χ0n) is 12.7. The molecule has 0 aliphatic carbocycles. The van der Waals surface area contributed by atoms with Crippen molar-refractivity contribution < 1.29 is 15.0 Å². The molecule has 22 heavy (non-hydrogen) atoms. The highest BCUT2D eigenvalue weighted by molar-refractivity contribution is 5.95. The van der Waals surface area contributed by atoms with E-state index in [1.54, 1.807) is 12.1 Å². The number of phenols is 2. The standard InChI is InChI=1S/C17H20N2O3/c1-19(2)14-5-3-4-13(11-14)17(22)18-9-8-12-6-7-15(20)16(21)10-12/h3-7,10-11,20-21H,8-9H2,1-2H3,(H,18,22). The molecule has 1 amide bonds. The summed E-state index contributed by atoms with van der Waals surface area (Å²) < 4.78 is 0. The zero-order valence-corrected chi connectivity index (χ0v) is 12.7. The number of carbonyl (C=O) groups is 1. The van der Waals surface area contributed by atoms with E-state index >= 15 is 0 Å². The van der Waals surface area contributed by atoms with Crippen LogP contribution in [0.4, 0.5) is 5.69 Å². The molecule has 0 aromatic heterocycles. The molecule has 0 bridgehead atoms. The molecule has 0 atom stereocenters. The molecule has 2 rings (SSSR count).